The van der Waals surface area contributed by atoms with E-state index in [1.807, 2.05) is 48.0 Å². The van der Waals surface area contributed by atoms with E-state index >= 15 is 0 Å². The van der Waals surface area contributed by atoms with E-state index in [0.29, 0.717) is 6.54 Å². The van der Waals surface area contributed by atoms with E-state index in [1.54, 1.807) is 0 Å². The Morgan fingerprint density at radius 1 is 1.31 bits per heavy atom. The fourth-order valence-corrected chi connectivity index (χ4v) is 1.58. The number of aromatic nitrogens is 2. The normalized spacial score (nSPS) is 10.4. The molecule has 4 nitrogen and oxygen atoms in total. The van der Waals surface area contributed by atoms with E-state index in [4.69, 9.17) is 5.11 Å². The first kappa shape index (κ1) is 10.7. The Morgan fingerprint density at radius 3 is 2.75 bits per heavy atom. The van der Waals surface area contributed by atoms with E-state index in [1.165, 1.54) is 0 Å². The molecule has 16 heavy (non-hydrogen) atoms. The van der Waals surface area contributed by atoms with Gasteiger partial charge in [0.1, 0.15) is 5.82 Å². The number of anilines is 1. The van der Waals surface area contributed by atoms with Crippen molar-refractivity contribution in [1.29, 1.82) is 0 Å². The molecule has 0 radical (unpaired) electrons. The van der Waals surface area contributed by atoms with Gasteiger partial charge in [0.25, 0.3) is 0 Å². The molecule has 0 atom stereocenters. The van der Waals surface area contributed by atoms with Crippen LogP contribution in [0.15, 0.2) is 36.4 Å². The summed E-state index contributed by atoms with van der Waals surface area (Å²) in [6.45, 7) is 2.58. The predicted octanol–water partition coefficient (Wildman–Crippen LogP) is 1.58. The zero-order valence-corrected chi connectivity index (χ0v) is 9.22. The topological polar surface area (TPSA) is 50.1 Å². The van der Waals surface area contributed by atoms with Crippen LogP contribution in [0, 0.1) is 6.92 Å². The first-order chi connectivity index (χ1) is 7.81. The van der Waals surface area contributed by atoms with Crippen LogP contribution >= 0.6 is 0 Å². The molecule has 0 unspecified atom stereocenters. The number of aliphatic hydroxyl groups is 1. The first-order valence-corrected chi connectivity index (χ1v) is 5.28. The maximum absolute atomic E-state index is 8.80. The van der Waals surface area contributed by atoms with Crippen LogP contribution in [0.4, 0.5) is 5.82 Å². The molecule has 2 rings (SSSR count). The number of benzene rings is 1. The third-order valence-electron chi connectivity index (χ3n) is 2.25. The number of rotatable bonds is 4. The lowest BCUT2D eigenvalue weighted by Crippen LogP contribution is -2.10. The highest BCUT2D eigenvalue weighted by Crippen LogP contribution is 2.16. The summed E-state index contributed by atoms with van der Waals surface area (Å²) in [6.07, 6.45) is 0. The van der Waals surface area contributed by atoms with Crippen molar-refractivity contribution in [3.63, 3.8) is 0 Å². The van der Waals surface area contributed by atoms with Crippen LogP contribution < -0.4 is 5.32 Å². The van der Waals surface area contributed by atoms with Gasteiger partial charge in [-0.05, 0) is 19.1 Å². The average molecular weight is 217 g/mol. The lowest BCUT2D eigenvalue weighted by atomic mass is 10.3. The van der Waals surface area contributed by atoms with E-state index in [2.05, 4.69) is 10.4 Å². The second-order valence-corrected chi connectivity index (χ2v) is 3.57. The number of aliphatic hydroxyl groups excluding tert-OH is 1. The molecule has 0 bridgehead atoms. The van der Waals surface area contributed by atoms with Crippen molar-refractivity contribution < 1.29 is 5.11 Å². The molecule has 1 heterocycles. The Hall–Kier alpha value is -1.81. The lowest BCUT2D eigenvalue weighted by Gasteiger charge is -2.08. The van der Waals surface area contributed by atoms with Gasteiger partial charge < -0.3 is 10.4 Å². The molecule has 0 aliphatic heterocycles. The molecule has 0 saturated carbocycles. The SMILES string of the molecule is Cc1cc(NCCO)n(-c2ccccc2)n1. The highest BCUT2D eigenvalue weighted by Gasteiger charge is 2.05. The van der Waals surface area contributed by atoms with E-state index < -0.39 is 0 Å². The fraction of sp³-hybridized carbons (Fsp3) is 0.250. The van der Waals surface area contributed by atoms with Gasteiger partial charge in [-0.15, -0.1) is 0 Å². The maximum atomic E-state index is 8.80. The second-order valence-electron chi connectivity index (χ2n) is 3.57. The van der Waals surface area contributed by atoms with Gasteiger partial charge in [-0.25, -0.2) is 4.68 Å². The number of hydrogen-bond acceptors (Lipinski definition) is 3. The minimum absolute atomic E-state index is 0.110. The number of hydrogen-bond donors (Lipinski definition) is 2. The minimum atomic E-state index is 0.110. The molecule has 0 spiro atoms. The molecule has 0 saturated heterocycles. The highest BCUT2D eigenvalue weighted by atomic mass is 16.3. The Morgan fingerprint density at radius 2 is 2.06 bits per heavy atom. The summed E-state index contributed by atoms with van der Waals surface area (Å²) < 4.78 is 1.84. The monoisotopic (exact) mass is 217 g/mol. The summed E-state index contributed by atoms with van der Waals surface area (Å²) in [5.74, 6) is 0.901. The Labute approximate surface area is 94.5 Å². The molecule has 2 aromatic rings. The molecule has 0 aliphatic rings. The van der Waals surface area contributed by atoms with Crippen LogP contribution in [0.5, 0.6) is 0 Å². The van der Waals surface area contributed by atoms with Crippen molar-refractivity contribution in [2.75, 3.05) is 18.5 Å². The Bertz CT molecular complexity index is 451. The highest BCUT2D eigenvalue weighted by molar-refractivity contribution is 5.45. The first-order valence-electron chi connectivity index (χ1n) is 5.28. The molecule has 2 N–H and O–H groups in total. The van der Waals surface area contributed by atoms with E-state index in [0.717, 1.165) is 17.2 Å². The van der Waals surface area contributed by atoms with Gasteiger partial charge in [-0.2, -0.15) is 5.10 Å². The number of aryl methyl sites for hydroxylation is 1. The van der Waals surface area contributed by atoms with Gasteiger partial charge in [-0.1, -0.05) is 18.2 Å². The Kier molecular flexibility index (Phi) is 3.22. The van der Waals surface area contributed by atoms with Crippen LogP contribution in [0.3, 0.4) is 0 Å². The van der Waals surface area contributed by atoms with Crippen LogP contribution in [0.2, 0.25) is 0 Å². The van der Waals surface area contributed by atoms with Crippen molar-refractivity contribution >= 4 is 5.82 Å². The molecule has 0 aliphatic carbocycles. The third-order valence-corrected chi connectivity index (χ3v) is 2.25. The van der Waals surface area contributed by atoms with Crippen LogP contribution in [0.25, 0.3) is 5.69 Å². The van der Waals surface area contributed by atoms with Crippen LogP contribution in [-0.2, 0) is 0 Å². The van der Waals surface area contributed by atoms with E-state index in [9.17, 15) is 0 Å². The summed E-state index contributed by atoms with van der Waals surface area (Å²) in [4.78, 5) is 0. The van der Waals surface area contributed by atoms with Gasteiger partial charge >= 0.3 is 0 Å². The molecule has 0 amide bonds. The molecule has 0 fully saturated rings. The summed E-state index contributed by atoms with van der Waals surface area (Å²) in [5.41, 5.74) is 1.96. The van der Waals surface area contributed by atoms with Crippen LogP contribution in [-0.4, -0.2) is 28.0 Å². The average Bonchev–Trinajstić information content (AvgIpc) is 2.69. The van der Waals surface area contributed by atoms with Crippen LogP contribution in [0.1, 0.15) is 5.69 Å². The molecule has 1 aromatic heterocycles. The molecular formula is C12H15N3O. The van der Waals surface area contributed by atoms with Gasteiger partial charge in [0, 0.05) is 12.6 Å². The van der Waals surface area contributed by atoms with E-state index in [-0.39, 0.29) is 6.61 Å². The maximum Gasteiger partial charge on any atom is 0.130 e. The van der Waals surface area contributed by atoms with Crippen molar-refractivity contribution in [2.24, 2.45) is 0 Å². The number of para-hydroxylation sites is 1. The largest absolute Gasteiger partial charge is 0.395 e. The van der Waals surface area contributed by atoms with Crippen molar-refractivity contribution in [3.8, 4) is 5.69 Å². The molecular weight excluding hydrogens is 202 g/mol. The summed E-state index contributed by atoms with van der Waals surface area (Å²) in [5, 5.41) is 16.3. The lowest BCUT2D eigenvalue weighted by molar-refractivity contribution is 0.311. The standard InChI is InChI=1S/C12H15N3O/c1-10-9-12(13-7-8-16)15(14-10)11-5-3-2-4-6-11/h2-6,9,13,16H,7-8H2,1H3. The van der Waals surface area contributed by atoms with Gasteiger partial charge in [0.15, 0.2) is 0 Å². The molecule has 4 heteroatoms. The molecule has 84 valence electrons. The number of nitrogens with zero attached hydrogens (tertiary/aromatic N) is 2. The zero-order valence-electron chi connectivity index (χ0n) is 9.22. The quantitative estimate of drug-likeness (QED) is 0.817. The Balaban J connectivity index is 2.33. The third kappa shape index (κ3) is 2.23. The fourth-order valence-electron chi connectivity index (χ4n) is 1.58. The number of nitrogens with one attached hydrogen (secondary N) is 1. The molecule has 1 aromatic carbocycles. The van der Waals surface area contributed by atoms with Crippen molar-refractivity contribution in [1.82, 2.24) is 9.78 Å². The zero-order chi connectivity index (χ0) is 11.4. The minimum Gasteiger partial charge on any atom is -0.395 e. The predicted molar refractivity (Wildman–Crippen MR) is 63.9 cm³/mol. The van der Waals surface area contributed by atoms with Gasteiger partial charge in [0.05, 0.1) is 18.0 Å². The van der Waals surface area contributed by atoms with Gasteiger partial charge in [0.2, 0.25) is 0 Å². The summed E-state index contributed by atoms with van der Waals surface area (Å²) >= 11 is 0. The van der Waals surface area contributed by atoms with Gasteiger partial charge in [-0.3, -0.25) is 0 Å². The van der Waals surface area contributed by atoms with Crippen molar-refractivity contribution in [3.05, 3.63) is 42.1 Å². The van der Waals surface area contributed by atoms with Crippen molar-refractivity contribution in [2.45, 2.75) is 6.92 Å². The summed E-state index contributed by atoms with van der Waals surface area (Å²) in [7, 11) is 0. The second kappa shape index (κ2) is 4.81. The summed E-state index contributed by atoms with van der Waals surface area (Å²) in [6, 6.07) is 11.9. The smallest absolute Gasteiger partial charge is 0.130 e.